The van der Waals surface area contributed by atoms with Crippen LogP contribution in [-0.4, -0.2) is 31.4 Å². The summed E-state index contributed by atoms with van der Waals surface area (Å²) in [5, 5.41) is 11.1. The SMILES string of the molecule is CC#CC(O)(c1ccccc1)c1ccc(N2CCOCC2)cc1. The molecule has 0 bridgehead atoms. The van der Waals surface area contributed by atoms with Gasteiger partial charge in [0.2, 0.25) is 0 Å². The molecular formula is C20H21NO2. The zero-order chi connectivity index (χ0) is 16.1. The van der Waals surface area contributed by atoms with Crippen molar-refractivity contribution in [1.82, 2.24) is 0 Å². The highest BCUT2D eigenvalue weighted by Gasteiger charge is 2.29. The van der Waals surface area contributed by atoms with Crippen LogP contribution >= 0.6 is 0 Å². The molecule has 1 aliphatic heterocycles. The third-order valence-corrected chi connectivity index (χ3v) is 4.16. The Kier molecular flexibility index (Phi) is 4.66. The molecule has 1 N–H and O–H groups in total. The molecule has 2 aromatic rings. The maximum atomic E-state index is 11.1. The molecule has 0 spiro atoms. The summed E-state index contributed by atoms with van der Waals surface area (Å²) >= 11 is 0. The number of anilines is 1. The molecule has 0 aromatic heterocycles. The van der Waals surface area contributed by atoms with Crippen LogP contribution in [0.3, 0.4) is 0 Å². The van der Waals surface area contributed by atoms with Crippen LogP contribution in [0.4, 0.5) is 5.69 Å². The minimum absolute atomic E-state index is 0.761. The van der Waals surface area contributed by atoms with E-state index in [0.29, 0.717) is 0 Å². The summed E-state index contributed by atoms with van der Waals surface area (Å²) in [6.45, 7) is 5.07. The predicted octanol–water partition coefficient (Wildman–Crippen LogP) is 2.78. The quantitative estimate of drug-likeness (QED) is 0.885. The van der Waals surface area contributed by atoms with Crippen LogP contribution in [-0.2, 0) is 10.3 Å². The summed E-state index contributed by atoms with van der Waals surface area (Å²) in [6.07, 6.45) is 0. The van der Waals surface area contributed by atoms with Gasteiger partial charge < -0.3 is 14.7 Å². The third-order valence-electron chi connectivity index (χ3n) is 4.16. The van der Waals surface area contributed by atoms with Gasteiger partial charge in [-0.25, -0.2) is 0 Å². The van der Waals surface area contributed by atoms with E-state index in [-0.39, 0.29) is 0 Å². The van der Waals surface area contributed by atoms with E-state index in [4.69, 9.17) is 4.74 Å². The van der Waals surface area contributed by atoms with Crippen LogP contribution in [0, 0.1) is 11.8 Å². The fraction of sp³-hybridized carbons (Fsp3) is 0.300. The minimum atomic E-state index is -1.28. The summed E-state index contributed by atoms with van der Waals surface area (Å²) in [4.78, 5) is 2.29. The van der Waals surface area contributed by atoms with Crippen LogP contribution < -0.4 is 4.90 Å². The molecule has 1 fully saturated rings. The molecule has 0 saturated carbocycles. The molecule has 0 radical (unpaired) electrons. The van der Waals surface area contributed by atoms with Gasteiger partial charge in [0, 0.05) is 29.9 Å². The van der Waals surface area contributed by atoms with Gasteiger partial charge in [0.1, 0.15) is 0 Å². The number of ether oxygens (including phenoxy) is 1. The summed E-state index contributed by atoms with van der Waals surface area (Å²) in [6, 6.07) is 17.6. The first-order valence-electron chi connectivity index (χ1n) is 7.89. The number of benzene rings is 2. The first kappa shape index (κ1) is 15.6. The molecule has 3 rings (SSSR count). The molecule has 23 heavy (non-hydrogen) atoms. The number of nitrogens with zero attached hydrogens (tertiary/aromatic N) is 1. The average Bonchev–Trinajstić information content (AvgIpc) is 2.63. The number of aliphatic hydroxyl groups is 1. The van der Waals surface area contributed by atoms with Crippen LogP contribution in [0.5, 0.6) is 0 Å². The zero-order valence-corrected chi connectivity index (χ0v) is 13.3. The lowest BCUT2D eigenvalue weighted by atomic mass is 9.86. The monoisotopic (exact) mass is 307 g/mol. The van der Waals surface area contributed by atoms with E-state index in [9.17, 15) is 5.11 Å². The lowest BCUT2D eigenvalue weighted by Gasteiger charge is -2.30. The third kappa shape index (κ3) is 3.24. The average molecular weight is 307 g/mol. The van der Waals surface area contributed by atoms with Crippen molar-refractivity contribution in [3.63, 3.8) is 0 Å². The van der Waals surface area contributed by atoms with Crippen molar-refractivity contribution >= 4 is 5.69 Å². The lowest BCUT2D eigenvalue weighted by molar-refractivity contribution is 0.122. The number of morpholine rings is 1. The maximum absolute atomic E-state index is 11.1. The smallest absolute Gasteiger partial charge is 0.176 e. The van der Waals surface area contributed by atoms with Gasteiger partial charge >= 0.3 is 0 Å². The van der Waals surface area contributed by atoms with E-state index < -0.39 is 5.60 Å². The lowest BCUT2D eigenvalue weighted by Crippen LogP contribution is -2.36. The molecule has 0 aliphatic carbocycles. The summed E-state index contributed by atoms with van der Waals surface area (Å²) in [7, 11) is 0. The molecule has 3 heteroatoms. The Morgan fingerprint density at radius 3 is 2.17 bits per heavy atom. The summed E-state index contributed by atoms with van der Waals surface area (Å²) < 4.78 is 5.39. The van der Waals surface area contributed by atoms with Crippen LogP contribution in [0.1, 0.15) is 18.1 Å². The molecule has 118 valence electrons. The number of hydrogen-bond donors (Lipinski definition) is 1. The maximum Gasteiger partial charge on any atom is 0.176 e. The topological polar surface area (TPSA) is 32.7 Å². The van der Waals surface area contributed by atoms with Crippen LogP contribution in [0.25, 0.3) is 0 Å². The van der Waals surface area contributed by atoms with Crippen molar-refractivity contribution < 1.29 is 9.84 Å². The Morgan fingerprint density at radius 2 is 1.57 bits per heavy atom. The molecule has 1 heterocycles. The van der Waals surface area contributed by atoms with Gasteiger partial charge in [-0.3, -0.25) is 0 Å². The number of rotatable bonds is 3. The van der Waals surface area contributed by atoms with Crippen molar-refractivity contribution in [1.29, 1.82) is 0 Å². The molecule has 1 atom stereocenters. The minimum Gasteiger partial charge on any atom is -0.378 e. The van der Waals surface area contributed by atoms with Crippen molar-refractivity contribution in [2.45, 2.75) is 12.5 Å². The predicted molar refractivity (Wildman–Crippen MR) is 92.4 cm³/mol. The molecule has 1 saturated heterocycles. The fourth-order valence-electron chi connectivity index (χ4n) is 2.91. The Balaban J connectivity index is 1.93. The van der Waals surface area contributed by atoms with Gasteiger partial charge in [0.15, 0.2) is 5.60 Å². The van der Waals surface area contributed by atoms with Gasteiger partial charge in [0.05, 0.1) is 13.2 Å². The first-order chi connectivity index (χ1) is 11.2. The second-order valence-corrected chi connectivity index (χ2v) is 5.60. The Morgan fingerprint density at radius 1 is 0.957 bits per heavy atom. The van der Waals surface area contributed by atoms with Crippen molar-refractivity contribution in [2.75, 3.05) is 31.2 Å². The van der Waals surface area contributed by atoms with Crippen molar-refractivity contribution in [2.24, 2.45) is 0 Å². The van der Waals surface area contributed by atoms with Crippen LogP contribution in [0.2, 0.25) is 0 Å². The molecular weight excluding hydrogens is 286 g/mol. The number of hydrogen-bond acceptors (Lipinski definition) is 3. The molecule has 3 nitrogen and oxygen atoms in total. The molecule has 1 unspecified atom stereocenters. The van der Waals surface area contributed by atoms with Gasteiger partial charge in [-0.2, -0.15) is 0 Å². The summed E-state index contributed by atoms with van der Waals surface area (Å²) in [5.41, 5.74) is 1.44. The standard InChI is InChI=1S/C20H21NO2/c1-2-12-20(22,17-6-4-3-5-7-17)18-8-10-19(11-9-18)21-13-15-23-16-14-21/h3-11,22H,13-16H2,1H3. The van der Waals surface area contributed by atoms with Gasteiger partial charge in [-0.15, -0.1) is 5.92 Å². The highest BCUT2D eigenvalue weighted by atomic mass is 16.5. The molecule has 2 aromatic carbocycles. The van der Waals surface area contributed by atoms with Crippen molar-refractivity contribution in [3.05, 3.63) is 65.7 Å². The largest absolute Gasteiger partial charge is 0.378 e. The zero-order valence-electron chi connectivity index (χ0n) is 13.3. The van der Waals surface area contributed by atoms with Crippen LogP contribution in [0.15, 0.2) is 54.6 Å². The van der Waals surface area contributed by atoms with Gasteiger partial charge in [0.25, 0.3) is 0 Å². The second kappa shape index (κ2) is 6.87. The Labute approximate surface area is 137 Å². The van der Waals surface area contributed by atoms with E-state index in [0.717, 1.165) is 43.1 Å². The normalized spacial score (nSPS) is 17.0. The Hall–Kier alpha value is -2.28. The van der Waals surface area contributed by atoms with E-state index in [1.54, 1.807) is 6.92 Å². The molecule has 0 amide bonds. The van der Waals surface area contributed by atoms with E-state index in [2.05, 4.69) is 16.7 Å². The second-order valence-electron chi connectivity index (χ2n) is 5.60. The summed E-state index contributed by atoms with van der Waals surface area (Å²) in [5.74, 6) is 5.82. The highest BCUT2D eigenvalue weighted by molar-refractivity contribution is 5.52. The van der Waals surface area contributed by atoms with Gasteiger partial charge in [-0.1, -0.05) is 48.4 Å². The van der Waals surface area contributed by atoms with Gasteiger partial charge in [-0.05, 0) is 19.1 Å². The van der Waals surface area contributed by atoms with E-state index in [1.807, 2.05) is 54.6 Å². The Bertz CT molecular complexity index is 694. The highest BCUT2D eigenvalue weighted by Crippen LogP contribution is 2.30. The fourth-order valence-corrected chi connectivity index (χ4v) is 2.91. The van der Waals surface area contributed by atoms with E-state index in [1.165, 1.54) is 0 Å². The van der Waals surface area contributed by atoms with E-state index >= 15 is 0 Å². The first-order valence-corrected chi connectivity index (χ1v) is 7.89. The molecule has 1 aliphatic rings. The van der Waals surface area contributed by atoms with Crippen molar-refractivity contribution in [3.8, 4) is 11.8 Å².